The normalized spacial score (nSPS) is 11.2. The van der Waals surface area contributed by atoms with E-state index in [0.29, 0.717) is 23.5 Å². The number of hydrogen-bond acceptors (Lipinski definition) is 5. The van der Waals surface area contributed by atoms with E-state index in [1.54, 1.807) is 0 Å². The summed E-state index contributed by atoms with van der Waals surface area (Å²) < 4.78 is 1.42. The van der Waals surface area contributed by atoms with Crippen molar-refractivity contribution in [1.82, 2.24) is 19.5 Å². The summed E-state index contributed by atoms with van der Waals surface area (Å²) in [5.41, 5.74) is 6.52. The SMILES string of the molecule is CC(C)CC(=O)n1cnc2cnc(N)nc21. The van der Waals surface area contributed by atoms with Gasteiger partial charge in [0.15, 0.2) is 5.65 Å². The first-order valence-corrected chi connectivity index (χ1v) is 5.06. The summed E-state index contributed by atoms with van der Waals surface area (Å²) in [5.74, 6) is 0.409. The number of aromatic nitrogens is 4. The Bertz CT molecular complexity index is 531. The van der Waals surface area contributed by atoms with Crippen molar-refractivity contribution in [3.05, 3.63) is 12.5 Å². The zero-order valence-electron chi connectivity index (χ0n) is 9.21. The Hall–Kier alpha value is -1.98. The van der Waals surface area contributed by atoms with E-state index in [4.69, 9.17) is 5.73 Å². The molecule has 0 aromatic carbocycles. The van der Waals surface area contributed by atoms with Crippen molar-refractivity contribution in [2.45, 2.75) is 20.3 Å². The number of carbonyl (C=O) groups excluding carboxylic acids is 1. The molecule has 0 unspecified atom stereocenters. The van der Waals surface area contributed by atoms with Crippen LogP contribution in [0, 0.1) is 5.92 Å². The number of carbonyl (C=O) groups is 1. The number of fused-ring (bicyclic) bond motifs is 1. The average molecular weight is 219 g/mol. The van der Waals surface area contributed by atoms with Crippen molar-refractivity contribution in [3.8, 4) is 0 Å². The fourth-order valence-electron chi connectivity index (χ4n) is 1.45. The maximum atomic E-state index is 11.9. The van der Waals surface area contributed by atoms with E-state index in [1.807, 2.05) is 13.8 Å². The van der Waals surface area contributed by atoms with Crippen LogP contribution in [0.2, 0.25) is 0 Å². The quantitative estimate of drug-likeness (QED) is 0.817. The van der Waals surface area contributed by atoms with Crippen LogP contribution in [0.5, 0.6) is 0 Å². The van der Waals surface area contributed by atoms with Crippen LogP contribution in [0.15, 0.2) is 12.5 Å². The summed E-state index contributed by atoms with van der Waals surface area (Å²) in [5, 5.41) is 0. The van der Waals surface area contributed by atoms with E-state index >= 15 is 0 Å². The van der Waals surface area contributed by atoms with Crippen molar-refractivity contribution in [3.63, 3.8) is 0 Å². The average Bonchev–Trinajstić information content (AvgIpc) is 2.59. The summed E-state index contributed by atoms with van der Waals surface area (Å²) in [7, 11) is 0. The van der Waals surface area contributed by atoms with E-state index in [1.165, 1.54) is 17.1 Å². The lowest BCUT2D eigenvalue weighted by Crippen LogP contribution is -2.12. The molecule has 0 aliphatic rings. The molecule has 0 atom stereocenters. The number of anilines is 1. The van der Waals surface area contributed by atoms with Gasteiger partial charge in [-0.3, -0.25) is 9.36 Å². The van der Waals surface area contributed by atoms with Gasteiger partial charge in [0.2, 0.25) is 11.9 Å². The maximum absolute atomic E-state index is 11.9. The standard InChI is InChI=1S/C10H13N5O/c1-6(2)3-8(16)15-5-13-7-4-12-10(11)14-9(7)15/h4-6H,3H2,1-2H3,(H2,11,12,14). The fraction of sp³-hybridized carbons (Fsp3) is 0.400. The van der Waals surface area contributed by atoms with Gasteiger partial charge in [-0.2, -0.15) is 4.98 Å². The topological polar surface area (TPSA) is 86.7 Å². The monoisotopic (exact) mass is 219 g/mol. The van der Waals surface area contributed by atoms with Crippen molar-refractivity contribution < 1.29 is 4.79 Å². The number of nitrogens with zero attached hydrogens (tertiary/aromatic N) is 4. The molecule has 0 bridgehead atoms. The summed E-state index contributed by atoms with van der Waals surface area (Å²) in [6.07, 6.45) is 3.43. The molecule has 6 heteroatoms. The molecule has 2 N–H and O–H groups in total. The second-order valence-corrected chi connectivity index (χ2v) is 4.04. The summed E-state index contributed by atoms with van der Waals surface area (Å²) in [6.45, 7) is 3.97. The molecule has 2 aromatic heterocycles. The van der Waals surface area contributed by atoms with Crippen LogP contribution < -0.4 is 5.73 Å². The highest BCUT2D eigenvalue weighted by Crippen LogP contribution is 2.12. The van der Waals surface area contributed by atoms with Gasteiger partial charge in [-0.05, 0) is 5.92 Å². The molecular formula is C10H13N5O. The highest BCUT2D eigenvalue weighted by Gasteiger charge is 2.13. The van der Waals surface area contributed by atoms with Crippen molar-refractivity contribution >= 4 is 23.0 Å². The number of nitrogen functional groups attached to an aromatic ring is 1. The first-order valence-electron chi connectivity index (χ1n) is 5.06. The fourth-order valence-corrected chi connectivity index (χ4v) is 1.45. The number of hydrogen-bond donors (Lipinski definition) is 1. The Morgan fingerprint density at radius 2 is 2.25 bits per heavy atom. The van der Waals surface area contributed by atoms with Gasteiger partial charge in [-0.1, -0.05) is 13.8 Å². The molecule has 2 rings (SSSR count). The van der Waals surface area contributed by atoms with Crippen molar-refractivity contribution in [2.75, 3.05) is 5.73 Å². The number of nitrogens with two attached hydrogens (primary N) is 1. The van der Waals surface area contributed by atoms with E-state index < -0.39 is 0 Å². The van der Waals surface area contributed by atoms with Crippen LogP contribution in [0.25, 0.3) is 11.2 Å². The Morgan fingerprint density at radius 3 is 2.94 bits per heavy atom. The van der Waals surface area contributed by atoms with Crippen molar-refractivity contribution in [2.24, 2.45) is 5.92 Å². The van der Waals surface area contributed by atoms with Crippen LogP contribution in [-0.4, -0.2) is 25.4 Å². The van der Waals surface area contributed by atoms with Crippen molar-refractivity contribution in [1.29, 1.82) is 0 Å². The third kappa shape index (κ3) is 1.86. The smallest absolute Gasteiger partial charge is 0.233 e. The Balaban J connectivity index is 2.44. The third-order valence-corrected chi connectivity index (χ3v) is 2.16. The minimum atomic E-state index is -0.0319. The predicted octanol–water partition coefficient (Wildman–Crippen LogP) is 1.09. The molecule has 84 valence electrons. The minimum absolute atomic E-state index is 0.0319. The molecule has 0 amide bonds. The van der Waals surface area contributed by atoms with Crippen LogP contribution >= 0.6 is 0 Å². The number of rotatable bonds is 2. The van der Waals surface area contributed by atoms with Crippen LogP contribution in [0.3, 0.4) is 0 Å². The molecule has 6 nitrogen and oxygen atoms in total. The summed E-state index contributed by atoms with van der Waals surface area (Å²) in [6, 6.07) is 0. The first-order chi connectivity index (χ1) is 7.58. The van der Waals surface area contributed by atoms with Gasteiger partial charge in [0.1, 0.15) is 11.8 Å². The lowest BCUT2D eigenvalue weighted by molar-refractivity contribution is 0.0891. The predicted molar refractivity (Wildman–Crippen MR) is 59.8 cm³/mol. The molecule has 2 heterocycles. The van der Waals surface area contributed by atoms with Crippen LogP contribution in [-0.2, 0) is 0 Å². The van der Waals surface area contributed by atoms with Gasteiger partial charge < -0.3 is 5.73 Å². The molecule has 0 aliphatic carbocycles. The minimum Gasteiger partial charge on any atom is -0.368 e. The molecular weight excluding hydrogens is 206 g/mol. The van der Waals surface area contributed by atoms with E-state index in [9.17, 15) is 4.79 Å². The molecule has 16 heavy (non-hydrogen) atoms. The molecule has 0 saturated carbocycles. The van der Waals surface area contributed by atoms with Gasteiger partial charge in [0.05, 0.1) is 6.20 Å². The zero-order chi connectivity index (χ0) is 11.7. The molecule has 0 spiro atoms. The molecule has 2 aromatic rings. The Morgan fingerprint density at radius 1 is 1.50 bits per heavy atom. The van der Waals surface area contributed by atoms with Gasteiger partial charge in [0.25, 0.3) is 0 Å². The lowest BCUT2D eigenvalue weighted by atomic mass is 10.1. The van der Waals surface area contributed by atoms with Gasteiger partial charge in [-0.25, -0.2) is 9.97 Å². The van der Waals surface area contributed by atoms with Crippen LogP contribution in [0.1, 0.15) is 25.1 Å². The van der Waals surface area contributed by atoms with E-state index in [2.05, 4.69) is 15.0 Å². The zero-order valence-corrected chi connectivity index (χ0v) is 9.21. The molecule has 0 aliphatic heterocycles. The van der Waals surface area contributed by atoms with Gasteiger partial charge in [-0.15, -0.1) is 0 Å². The Labute approximate surface area is 92.5 Å². The summed E-state index contributed by atoms with van der Waals surface area (Å²) >= 11 is 0. The second kappa shape index (κ2) is 3.88. The summed E-state index contributed by atoms with van der Waals surface area (Å²) in [4.78, 5) is 23.7. The molecule has 0 fully saturated rings. The highest BCUT2D eigenvalue weighted by atomic mass is 16.2. The third-order valence-electron chi connectivity index (χ3n) is 2.16. The van der Waals surface area contributed by atoms with Gasteiger partial charge in [0, 0.05) is 6.42 Å². The van der Waals surface area contributed by atoms with E-state index in [0.717, 1.165) is 0 Å². The van der Waals surface area contributed by atoms with E-state index in [-0.39, 0.29) is 11.9 Å². The number of imidazole rings is 1. The molecule has 0 radical (unpaired) electrons. The first kappa shape index (κ1) is 10.5. The molecule has 0 saturated heterocycles. The van der Waals surface area contributed by atoms with Crippen LogP contribution in [0.4, 0.5) is 5.95 Å². The largest absolute Gasteiger partial charge is 0.368 e. The Kier molecular flexibility index (Phi) is 2.55. The van der Waals surface area contributed by atoms with Gasteiger partial charge >= 0.3 is 0 Å². The maximum Gasteiger partial charge on any atom is 0.233 e. The lowest BCUT2D eigenvalue weighted by Gasteiger charge is -2.04. The highest BCUT2D eigenvalue weighted by molar-refractivity contribution is 5.88. The second-order valence-electron chi connectivity index (χ2n) is 4.04.